The van der Waals surface area contributed by atoms with Crippen LogP contribution in [0.15, 0.2) is 0 Å². The Kier molecular flexibility index (Phi) is 2.67. The molecule has 0 aromatic carbocycles. The van der Waals surface area contributed by atoms with E-state index in [0.717, 1.165) is 4.68 Å². The molecule has 0 bridgehead atoms. The first-order valence-electron chi connectivity index (χ1n) is 3.85. The van der Waals surface area contributed by atoms with Crippen LogP contribution in [0, 0.1) is 0 Å². The van der Waals surface area contributed by atoms with Crippen molar-refractivity contribution in [2.75, 3.05) is 5.73 Å². The highest BCUT2D eigenvalue weighted by Gasteiger charge is 2.38. The molecule has 7 heteroatoms. The predicted molar refractivity (Wildman–Crippen MR) is 47.0 cm³/mol. The van der Waals surface area contributed by atoms with E-state index in [4.69, 9.17) is 17.3 Å². The van der Waals surface area contributed by atoms with Gasteiger partial charge in [-0.3, -0.25) is 0 Å². The second-order valence-electron chi connectivity index (χ2n) is 3.09. The van der Waals surface area contributed by atoms with Crippen molar-refractivity contribution in [3.05, 3.63) is 10.8 Å². The molecule has 0 amide bonds. The maximum absolute atomic E-state index is 12.3. The molecule has 0 unspecified atom stereocenters. The molecule has 1 aromatic heterocycles. The van der Waals surface area contributed by atoms with Gasteiger partial charge in [-0.05, 0) is 13.8 Å². The number of nitrogens with zero attached hydrogens (tertiary/aromatic N) is 2. The molecule has 0 aliphatic rings. The summed E-state index contributed by atoms with van der Waals surface area (Å²) in [6, 6.07) is -0.263. The fraction of sp³-hybridized carbons (Fsp3) is 0.571. The van der Waals surface area contributed by atoms with E-state index in [2.05, 4.69) is 5.10 Å². The Balaban J connectivity index is 3.29. The van der Waals surface area contributed by atoms with Crippen molar-refractivity contribution in [2.24, 2.45) is 0 Å². The summed E-state index contributed by atoms with van der Waals surface area (Å²) < 4.78 is 37.9. The van der Waals surface area contributed by atoms with Crippen LogP contribution in [-0.4, -0.2) is 9.78 Å². The van der Waals surface area contributed by atoms with Crippen LogP contribution in [-0.2, 0) is 6.18 Å². The molecule has 3 nitrogen and oxygen atoms in total. The summed E-state index contributed by atoms with van der Waals surface area (Å²) in [7, 11) is 0. The standard InChI is InChI=1S/C7H9ClF3N3/c1-3(2)14-6(8)4(12)5(13-14)7(9,10)11/h3H,12H2,1-2H3. The second kappa shape index (κ2) is 3.34. The molecule has 0 aliphatic heterocycles. The van der Waals surface area contributed by atoms with Crippen molar-refractivity contribution < 1.29 is 13.2 Å². The minimum Gasteiger partial charge on any atom is -0.394 e. The van der Waals surface area contributed by atoms with Gasteiger partial charge in [0, 0.05) is 6.04 Å². The summed E-state index contributed by atoms with van der Waals surface area (Å²) in [6.07, 6.45) is -4.56. The van der Waals surface area contributed by atoms with Crippen molar-refractivity contribution >= 4 is 17.3 Å². The van der Waals surface area contributed by atoms with Crippen molar-refractivity contribution in [3.63, 3.8) is 0 Å². The Morgan fingerprint density at radius 3 is 2.14 bits per heavy atom. The van der Waals surface area contributed by atoms with E-state index in [-0.39, 0.29) is 11.2 Å². The number of nitrogen functional groups attached to an aromatic ring is 1. The Hall–Kier alpha value is -0.910. The van der Waals surface area contributed by atoms with Gasteiger partial charge in [-0.2, -0.15) is 18.3 Å². The average molecular weight is 228 g/mol. The number of alkyl halides is 3. The van der Waals surface area contributed by atoms with Crippen LogP contribution in [0.1, 0.15) is 25.6 Å². The summed E-state index contributed by atoms with van der Waals surface area (Å²) in [4.78, 5) is 0. The maximum atomic E-state index is 12.3. The SMILES string of the molecule is CC(C)n1nc(C(F)(F)F)c(N)c1Cl. The number of aromatic nitrogens is 2. The van der Waals surface area contributed by atoms with E-state index >= 15 is 0 Å². The number of nitrogens with two attached hydrogens (primary N) is 1. The normalized spacial score (nSPS) is 12.5. The summed E-state index contributed by atoms with van der Waals surface area (Å²) in [5, 5.41) is 3.14. The second-order valence-corrected chi connectivity index (χ2v) is 3.45. The number of rotatable bonds is 1. The Morgan fingerprint density at radius 1 is 1.43 bits per heavy atom. The molecule has 14 heavy (non-hydrogen) atoms. The fourth-order valence-electron chi connectivity index (χ4n) is 0.978. The molecule has 0 spiro atoms. The lowest BCUT2D eigenvalue weighted by molar-refractivity contribution is -0.140. The molecule has 0 atom stereocenters. The number of hydrogen-bond acceptors (Lipinski definition) is 2. The van der Waals surface area contributed by atoms with E-state index in [1.807, 2.05) is 0 Å². The van der Waals surface area contributed by atoms with Gasteiger partial charge in [-0.15, -0.1) is 0 Å². The van der Waals surface area contributed by atoms with Gasteiger partial charge < -0.3 is 5.73 Å². The van der Waals surface area contributed by atoms with E-state index in [1.54, 1.807) is 13.8 Å². The quantitative estimate of drug-likeness (QED) is 0.802. The van der Waals surface area contributed by atoms with Crippen LogP contribution in [0.3, 0.4) is 0 Å². The fourth-order valence-corrected chi connectivity index (χ4v) is 1.30. The maximum Gasteiger partial charge on any atom is 0.437 e. The van der Waals surface area contributed by atoms with Crippen LogP contribution in [0.5, 0.6) is 0 Å². The molecule has 1 aromatic rings. The molecular weight excluding hydrogens is 219 g/mol. The van der Waals surface area contributed by atoms with E-state index in [9.17, 15) is 13.2 Å². The third kappa shape index (κ3) is 1.79. The van der Waals surface area contributed by atoms with Gasteiger partial charge in [0.25, 0.3) is 0 Å². The predicted octanol–water partition coefficient (Wildman–Crippen LogP) is 2.72. The van der Waals surface area contributed by atoms with Crippen LogP contribution >= 0.6 is 11.6 Å². The first-order chi connectivity index (χ1) is 6.25. The lowest BCUT2D eigenvalue weighted by atomic mass is 10.4. The first kappa shape index (κ1) is 11.2. The van der Waals surface area contributed by atoms with Gasteiger partial charge >= 0.3 is 6.18 Å². The highest BCUT2D eigenvalue weighted by Crippen LogP contribution is 2.36. The van der Waals surface area contributed by atoms with Gasteiger partial charge in [0.1, 0.15) is 5.69 Å². The number of halogens is 4. The topological polar surface area (TPSA) is 43.8 Å². The zero-order valence-electron chi connectivity index (χ0n) is 7.56. The van der Waals surface area contributed by atoms with Gasteiger partial charge in [0.15, 0.2) is 10.8 Å². The van der Waals surface area contributed by atoms with Crippen LogP contribution in [0.25, 0.3) is 0 Å². The zero-order valence-corrected chi connectivity index (χ0v) is 8.32. The molecule has 0 saturated carbocycles. The Labute approximate surface area is 83.6 Å². The number of hydrogen-bond donors (Lipinski definition) is 1. The molecule has 1 heterocycles. The van der Waals surface area contributed by atoms with Crippen LogP contribution in [0.4, 0.5) is 18.9 Å². The molecule has 2 N–H and O–H groups in total. The lowest BCUT2D eigenvalue weighted by Crippen LogP contribution is -2.10. The summed E-state index contributed by atoms with van der Waals surface area (Å²) >= 11 is 5.59. The highest BCUT2D eigenvalue weighted by molar-refractivity contribution is 6.32. The molecule has 0 aliphatic carbocycles. The Bertz CT molecular complexity index is 343. The lowest BCUT2D eigenvalue weighted by Gasteiger charge is -2.05. The highest BCUT2D eigenvalue weighted by atomic mass is 35.5. The molecular formula is C7H9ClF3N3. The molecule has 0 saturated heterocycles. The first-order valence-corrected chi connectivity index (χ1v) is 4.23. The van der Waals surface area contributed by atoms with E-state index in [1.165, 1.54) is 0 Å². The molecule has 1 rings (SSSR count). The average Bonchev–Trinajstić information content (AvgIpc) is 2.28. The summed E-state index contributed by atoms with van der Waals surface area (Å²) in [6.45, 7) is 3.33. The monoisotopic (exact) mass is 227 g/mol. The van der Waals surface area contributed by atoms with Gasteiger partial charge in [-0.1, -0.05) is 11.6 Å². The smallest absolute Gasteiger partial charge is 0.394 e. The van der Waals surface area contributed by atoms with Crippen molar-refractivity contribution in [1.82, 2.24) is 9.78 Å². The minimum atomic E-state index is -4.56. The van der Waals surface area contributed by atoms with Gasteiger partial charge in [0.2, 0.25) is 0 Å². The van der Waals surface area contributed by atoms with Crippen molar-refractivity contribution in [3.8, 4) is 0 Å². The van der Waals surface area contributed by atoms with Crippen molar-refractivity contribution in [1.29, 1.82) is 0 Å². The Morgan fingerprint density at radius 2 is 1.93 bits per heavy atom. The molecule has 80 valence electrons. The minimum absolute atomic E-state index is 0.174. The van der Waals surface area contributed by atoms with Crippen LogP contribution < -0.4 is 5.73 Å². The zero-order chi connectivity index (χ0) is 11.1. The largest absolute Gasteiger partial charge is 0.437 e. The van der Waals surface area contributed by atoms with E-state index in [0.29, 0.717) is 0 Å². The van der Waals surface area contributed by atoms with Gasteiger partial charge in [-0.25, -0.2) is 4.68 Å². The third-order valence-corrected chi connectivity index (χ3v) is 2.02. The van der Waals surface area contributed by atoms with Gasteiger partial charge in [0.05, 0.1) is 0 Å². The van der Waals surface area contributed by atoms with E-state index < -0.39 is 17.6 Å². The van der Waals surface area contributed by atoms with Crippen molar-refractivity contribution in [2.45, 2.75) is 26.1 Å². The molecule has 0 radical (unpaired) electrons. The summed E-state index contributed by atoms with van der Waals surface area (Å²) in [5.74, 6) is 0. The third-order valence-electron chi connectivity index (χ3n) is 1.64. The molecule has 0 fully saturated rings. The summed E-state index contributed by atoms with van der Waals surface area (Å²) in [5.41, 5.74) is 3.54. The van der Waals surface area contributed by atoms with Crippen LogP contribution in [0.2, 0.25) is 5.15 Å². The number of anilines is 1.